The molecule has 0 bridgehead atoms. The topological polar surface area (TPSA) is 46.0 Å². The van der Waals surface area contributed by atoms with Crippen molar-refractivity contribution in [1.29, 1.82) is 0 Å². The lowest BCUT2D eigenvalue weighted by Gasteiger charge is -2.19. The Morgan fingerprint density at radius 3 is 2.55 bits per heavy atom. The van der Waals surface area contributed by atoms with Crippen LogP contribution in [0, 0.1) is 11.6 Å². The third kappa shape index (κ3) is 3.19. The van der Waals surface area contributed by atoms with E-state index >= 15 is 0 Å². The fraction of sp³-hybridized carbons (Fsp3) is 0.429. The molecule has 108 valence electrons. The summed E-state index contributed by atoms with van der Waals surface area (Å²) in [4.78, 5) is 0.669. The van der Waals surface area contributed by atoms with Crippen molar-refractivity contribution in [2.45, 2.75) is 38.7 Å². The molecule has 2 aromatic rings. The average molecular weight is 298 g/mol. The van der Waals surface area contributed by atoms with Gasteiger partial charge in [0.2, 0.25) is 0 Å². The Morgan fingerprint density at radius 1 is 1.25 bits per heavy atom. The van der Waals surface area contributed by atoms with E-state index in [0.717, 1.165) is 29.4 Å². The molecule has 6 heteroatoms. The van der Waals surface area contributed by atoms with Gasteiger partial charge >= 0.3 is 0 Å². The lowest BCUT2D eigenvalue weighted by molar-refractivity contribution is 0.179. The van der Waals surface area contributed by atoms with Gasteiger partial charge in [0.15, 0.2) is 11.6 Å². The van der Waals surface area contributed by atoms with Gasteiger partial charge < -0.3 is 5.11 Å². The molecule has 20 heavy (non-hydrogen) atoms. The predicted molar refractivity (Wildman–Crippen MR) is 73.6 cm³/mol. The monoisotopic (exact) mass is 298 g/mol. The highest BCUT2D eigenvalue weighted by Crippen LogP contribution is 2.31. The molecule has 1 atom stereocenters. The molecule has 0 spiro atoms. The van der Waals surface area contributed by atoms with E-state index in [1.807, 2.05) is 20.8 Å². The SMILES string of the molecule is CC(C)(C)c1nnsc1C(O)Cc1ccc(F)c(F)c1. The lowest BCUT2D eigenvalue weighted by atomic mass is 9.89. The third-order valence-electron chi connectivity index (χ3n) is 2.94. The number of aliphatic hydroxyl groups excluding tert-OH is 1. The number of halogens is 2. The lowest BCUT2D eigenvalue weighted by Crippen LogP contribution is -2.16. The molecule has 0 saturated carbocycles. The average Bonchev–Trinajstić information content (AvgIpc) is 2.83. The Labute approximate surface area is 120 Å². The highest BCUT2D eigenvalue weighted by atomic mass is 32.1. The molecule has 1 N–H and O–H groups in total. The molecule has 3 nitrogen and oxygen atoms in total. The van der Waals surface area contributed by atoms with Crippen molar-refractivity contribution in [2.24, 2.45) is 0 Å². The van der Waals surface area contributed by atoms with Crippen molar-refractivity contribution in [3.05, 3.63) is 46.0 Å². The summed E-state index contributed by atoms with van der Waals surface area (Å²) >= 11 is 1.13. The fourth-order valence-corrected chi connectivity index (χ4v) is 2.77. The van der Waals surface area contributed by atoms with Gasteiger partial charge in [-0.1, -0.05) is 31.3 Å². The van der Waals surface area contributed by atoms with Crippen LogP contribution in [0.25, 0.3) is 0 Å². The van der Waals surface area contributed by atoms with Crippen molar-refractivity contribution in [1.82, 2.24) is 9.59 Å². The molecule has 0 fully saturated rings. The van der Waals surface area contributed by atoms with E-state index in [1.165, 1.54) is 6.07 Å². The molecule has 0 aliphatic carbocycles. The quantitative estimate of drug-likeness (QED) is 0.944. The molecule has 0 saturated heterocycles. The minimum atomic E-state index is -0.909. The zero-order chi connectivity index (χ0) is 14.9. The Morgan fingerprint density at radius 2 is 1.95 bits per heavy atom. The van der Waals surface area contributed by atoms with Crippen LogP contribution in [0.2, 0.25) is 0 Å². The van der Waals surface area contributed by atoms with Crippen LogP contribution in [0.4, 0.5) is 8.78 Å². The van der Waals surface area contributed by atoms with E-state index in [9.17, 15) is 13.9 Å². The van der Waals surface area contributed by atoms with Crippen molar-refractivity contribution in [3.8, 4) is 0 Å². The van der Waals surface area contributed by atoms with Gasteiger partial charge in [0.1, 0.15) is 0 Å². The van der Waals surface area contributed by atoms with Gasteiger partial charge in [-0.15, -0.1) is 5.10 Å². The molecule has 2 rings (SSSR count). The van der Waals surface area contributed by atoms with Gasteiger partial charge in [-0.25, -0.2) is 8.78 Å². The Hall–Kier alpha value is -1.40. The maximum Gasteiger partial charge on any atom is 0.159 e. The molecule has 0 aliphatic rings. The maximum atomic E-state index is 13.2. The molecular formula is C14H16F2N2OS. The van der Waals surface area contributed by atoms with E-state index < -0.39 is 17.7 Å². The first kappa shape index (κ1) is 15.0. The second kappa shape index (κ2) is 5.54. The summed E-state index contributed by atoms with van der Waals surface area (Å²) in [5, 5.41) is 14.3. The molecule has 0 radical (unpaired) electrons. The fourth-order valence-electron chi connectivity index (χ4n) is 1.92. The van der Waals surface area contributed by atoms with Crippen LogP contribution in [0.15, 0.2) is 18.2 Å². The first-order valence-electron chi connectivity index (χ1n) is 6.23. The van der Waals surface area contributed by atoms with Crippen molar-refractivity contribution >= 4 is 11.5 Å². The second-order valence-corrected chi connectivity index (χ2v) is 6.49. The Bertz CT molecular complexity index is 607. The standard InChI is InChI=1S/C14H16F2N2OS/c1-14(2,3)13-12(20-18-17-13)11(19)7-8-4-5-9(15)10(16)6-8/h4-6,11,19H,7H2,1-3H3. The molecule has 1 unspecified atom stereocenters. The van der Waals surface area contributed by atoms with Gasteiger partial charge in [0.05, 0.1) is 16.7 Å². The van der Waals surface area contributed by atoms with E-state index in [4.69, 9.17) is 0 Å². The summed E-state index contributed by atoms with van der Waals surface area (Å²) in [5.74, 6) is -1.80. The summed E-state index contributed by atoms with van der Waals surface area (Å²) in [6, 6.07) is 3.63. The van der Waals surface area contributed by atoms with Gasteiger partial charge in [-0.2, -0.15) is 0 Å². The Balaban J connectivity index is 2.22. The molecule has 1 aromatic heterocycles. The van der Waals surface area contributed by atoms with Crippen molar-refractivity contribution in [2.75, 3.05) is 0 Å². The van der Waals surface area contributed by atoms with Gasteiger partial charge in [0, 0.05) is 11.8 Å². The van der Waals surface area contributed by atoms with Crippen LogP contribution < -0.4 is 0 Å². The van der Waals surface area contributed by atoms with Crippen LogP contribution in [-0.4, -0.2) is 14.7 Å². The number of hydrogen-bond donors (Lipinski definition) is 1. The second-order valence-electron chi connectivity index (χ2n) is 5.70. The van der Waals surface area contributed by atoms with Crippen molar-refractivity contribution < 1.29 is 13.9 Å². The first-order chi connectivity index (χ1) is 9.29. The summed E-state index contributed by atoms with van der Waals surface area (Å²) in [6.45, 7) is 5.95. The van der Waals surface area contributed by atoms with Gasteiger partial charge in [-0.05, 0) is 29.2 Å². The van der Waals surface area contributed by atoms with E-state index in [1.54, 1.807) is 0 Å². The molecule has 1 heterocycles. The number of aromatic nitrogens is 2. The summed E-state index contributed by atoms with van der Waals surface area (Å²) in [5.41, 5.74) is 1.04. The molecule has 0 aliphatic heterocycles. The summed E-state index contributed by atoms with van der Waals surface area (Å²) < 4.78 is 29.9. The molecule has 1 aromatic carbocycles. The van der Waals surface area contributed by atoms with Crippen molar-refractivity contribution in [3.63, 3.8) is 0 Å². The largest absolute Gasteiger partial charge is 0.387 e. The number of benzene rings is 1. The van der Waals surface area contributed by atoms with Crippen LogP contribution in [-0.2, 0) is 11.8 Å². The zero-order valence-electron chi connectivity index (χ0n) is 11.5. The van der Waals surface area contributed by atoms with E-state index in [0.29, 0.717) is 10.4 Å². The number of aliphatic hydroxyl groups is 1. The highest BCUT2D eigenvalue weighted by Gasteiger charge is 2.26. The zero-order valence-corrected chi connectivity index (χ0v) is 12.3. The van der Waals surface area contributed by atoms with E-state index in [-0.39, 0.29) is 11.8 Å². The normalized spacial score (nSPS) is 13.5. The third-order valence-corrected chi connectivity index (χ3v) is 3.76. The highest BCUT2D eigenvalue weighted by molar-refractivity contribution is 7.05. The molecule has 0 amide bonds. The summed E-state index contributed by atoms with van der Waals surface area (Å²) in [6.07, 6.45) is -0.626. The Kier molecular flexibility index (Phi) is 4.15. The minimum Gasteiger partial charge on any atom is -0.387 e. The number of nitrogens with zero attached hydrogens (tertiary/aromatic N) is 2. The number of hydrogen-bond acceptors (Lipinski definition) is 4. The van der Waals surface area contributed by atoms with Crippen LogP contribution in [0.1, 0.15) is 43.0 Å². The van der Waals surface area contributed by atoms with E-state index in [2.05, 4.69) is 9.59 Å². The first-order valence-corrected chi connectivity index (χ1v) is 7.01. The van der Waals surface area contributed by atoms with Gasteiger partial charge in [-0.3, -0.25) is 0 Å². The summed E-state index contributed by atoms with van der Waals surface area (Å²) in [7, 11) is 0. The van der Waals surface area contributed by atoms with Crippen LogP contribution in [0.3, 0.4) is 0 Å². The predicted octanol–water partition coefficient (Wildman–Crippen LogP) is 3.39. The van der Waals surface area contributed by atoms with Gasteiger partial charge in [0.25, 0.3) is 0 Å². The van der Waals surface area contributed by atoms with Crippen LogP contribution >= 0.6 is 11.5 Å². The minimum absolute atomic E-state index is 0.199. The smallest absolute Gasteiger partial charge is 0.159 e. The molecular weight excluding hydrogens is 282 g/mol. The van der Waals surface area contributed by atoms with Crippen LogP contribution in [0.5, 0.6) is 0 Å². The number of rotatable bonds is 3. The maximum absolute atomic E-state index is 13.2.